The van der Waals surface area contributed by atoms with Crippen molar-refractivity contribution >= 4 is 5.69 Å². The van der Waals surface area contributed by atoms with Gasteiger partial charge in [0, 0.05) is 18.2 Å². The maximum absolute atomic E-state index is 10.9. The van der Waals surface area contributed by atoms with Crippen molar-refractivity contribution in [2.24, 2.45) is 0 Å². The van der Waals surface area contributed by atoms with Crippen molar-refractivity contribution in [1.29, 1.82) is 0 Å². The molecule has 0 bridgehead atoms. The highest BCUT2D eigenvalue weighted by Gasteiger charge is 2.15. The van der Waals surface area contributed by atoms with Gasteiger partial charge in [-0.25, -0.2) is 4.68 Å². The average molecular weight is 261 g/mol. The first-order valence-electron chi connectivity index (χ1n) is 5.84. The molecule has 0 saturated carbocycles. The number of nitro groups is 1. The highest BCUT2D eigenvalue weighted by Crippen LogP contribution is 2.24. The number of hydrogen-bond acceptors (Lipinski definition) is 5. The number of rotatable bonds is 4. The van der Waals surface area contributed by atoms with E-state index in [-0.39, 0.29) is 10.6 Å². The Morgan fingerprint density at radius 1 is 1.37 bits per heavy atom. The normalized spacial score (nSPS) is 10.7. The SMILES string of the molecule is CNCc1cn(-c2cc(C)c([N+](=O)[O-])cc2C)nn1. The van der Waals surface area contributed by atoms with E-state index in [1.807, 2.05) is 20.2 Å². The molecule has 0 unspecified atom stereocenters. The molecule has 19 heavy (non-hydrogen) atoms. The number of nitrogens with zero attached hydrogens (tertiary/aromatic N) is 4. The van der Waals surface area contributed by atoms with E-state index in [1.54, 1.807) is 23.7 Å². The van der Waals surface area contributed by atoms with Crippen LogP contribution >= 0.6 is 0 Å². The van der Waals surface area contributed by atoms with Crippen molar-refractivity contribution in [1.82, 2.24) is 20.3 Å². The molecule has 0 aliphatic carbocycles. The standard InChI is InChI=1S/C12H15N5O2/c1-8-5-12(17(18)19)9(2)4-11(8)16-7-10(6-13-3)14-15-16/h4-5,7,13H,6H2,1-3H3. The number of benzene rings is 1. The zero-order valence-corrected chi connectivity index (χ0v) is 11.0. The Hall–Kier alpha value is -2.28. The van der Waals surface area contributed by atoms with Gasteiger partial charge in [0.1, 0.15) is 0 Å². The zero-order valence-electron chi connectivity index (χ0n) is 11.0. The predicted octanol–water partition coefficient (Wildman–Crippen LogP) is 1.51. The molecule has 7 heteroatoms. The van der Waals surface area contributed by atoms with Gasteiger partial charge in [-0.3, -0.25) is 10.1 Å². The number of nitrogens with one attached hydrogen (secondary N) is 1. The summed E-state index contributed by atoms with van der Waals surface area (Å²) in [6, 6.07) is 3.31. The number of hydrogen-bond donors (Lipinski definition) is 1. The van der Waals surface area contributed by atoms with Gasteiger partial charge in [0.15, 0.2) is 0 Å². The van der Waals surface area contributed by atoms with Crippen molar-refractivity contribution in [3.63, 3.8) is 0 Å². The van der Waals surface area contributed by atoms with Gasteiger partial charge in [-0.2, -0.15) is 0 Å². The largest absolute Gasteiger partial charge is 0.314 e. The van der Waals surface area contributed by atoms with Crippen LogP contribution in [0.3, 0.4) is 0 Å². The Bertz CT molecular complexity index is 621. The Labute approximate surface area is 110 Å². The molecule has 0 aliphatic heterocycles. The highest BCUT2D eigenvalue weighted by atomic mass is 16.6. The molecule has 0 aliphatic rings. The summed E-state index contributed by atoms with van der Waals surface area (Å²) < 4.78 is 1.64. The number of aryl methyl sites for hydroxylation is 2. The summed E-state index contributed by atoms with van der Waals surface area (Å²) in [4.78, 5) is 10.5. The highest BCUT2D eigenvalue weighted by molar-refractivity contribution is 5.52. The maximum Gasteiger partial charge on any atom is 0.272 e. The lowest BCUT2D eigenvalue weighted by molar-refractivity contribution is -0.385. The summed E-state index contributed by atoms with van der Waals surface area (Å²) in [7, 11) is 1.83. The Morgan fingerprint density at radius 2 is 2.11 bits per heavy atom. The Morgan fingerprint density at radius 3 is 2.74 bits per heavy atom. The van der Waals surface area contributed by atoms with E-state index in [0.29, 0.717) is 12.1 Å². The average Bonchev–Trinajstić information content (AvgIpc) is 2.80. The second-order valence-corrected chi connectivity index (χ2v) is 4.37. The van der Waals surface area contributed by atoms with E-state index in [2.05, 4.69) is 15.6 Å². The molecule has 0 saturated heterocycles. The Balaban J connectivity index is 2.44. The first-order valence-corrected chi connectivity index (χ1v) is 5.84. The van der Waals surface area contributed by atoms with E-state index in [0.717, 1.165) is 16.9 Å². The monoisotopic (exact) mass is 261 g/mol. The zero-order chi connectivity index (χ0) is 14.0. The van der Waals surface area contributed by atoms with Gasteiger partial charge in [0.2, 0.25) is 0 Å². The molecule has 1 N–H and O–H groups in total. The first-order chi connectivity index (χ1) is 9.02. The molecule has 1 aromatic carbocycles. The van der Waals surface area contributed by atoms with Crippen LogP contribution in [0.2, 0.25) is 0 Å². The smallest absolute Gasteiger partial charge is 0.272 e. The minimum Gasteiger partial charge on any atom is -0.314 e. The quantitative estimate of drug-likeness (QED) is 0.666. The number of nitro benzene ring substituents is 1. The molecule has 2 aromatic rings. The molecule has 100 valence electrons. The van der Waals surface area contributed by atoms with Crippen LogP contribution < -0.4 is 5.32 Å². The van der Waals surface area contributed by atoms with E-state index in [1.165, 1.54) is 0 Å². The topological polar surface area (TPSA) is 85.9 Å². The Kier molecular flexibility index (Phi) is 3.57. The summed E-state index contributed by atoms with van der Waals surface area (Å²) in [6.45, 7) is 4.17. The molecule has 0 radical (unpaired) electrons. The van der Waals surface area contributed by atoms with Gasteiger partial charge in [0.25, 0.3) is 5.69 Å². The van der Waals surface area contributed by atoms with Gasteiger partial charge < -0.3 is 5.32 Å². The summed E-state index contributed by atoms with van der Waals surface area (Å²) in [5.41, 5.74) is 3.14. The molecule has 1 aromatic heterocycles. The van der Waals surface area contributed by atoms with Gasteiger partial charge in [0.05, 0.1) is 22.5 Å². The van der Waals surface area contributed by atoms with Crippen molar-refractivity contribution < 1.29 is 4.92 Å². The summed E-state index contributed by atoms with van der Waals surface area (Å²) in [6.07, 6.45) is 1.81. The molecule has 1 heterocycles. The van der Waals surface area contributed by atoms with Crippen LogP contribution in [0.1, 0.15) is 16.8 Å². The molecular weight excluding hydrogens is 246 g/mol. The van der Waals surface area contributed by atoms with Crippen LogP contribution in [0.5, 0.6) is 0 Å². The lowest BCUT2D eigenvalue weighted by atomic mass is 10.1. The molecule has 0 fully saturated rings. The van der Waals surface area contributed by atoms with Crippen LogP contribution in [0.4, 0.5) is 5.69 Å². The van der Waals surface area contributed by atoms with E-state index in [9.17, 15) is 10.1 Å². The van der Waals surface area contributed by atoms with Gasteiger partial charge in [-0.1, -0.05) is 5.21 Å². The van der Waals surface area contributed by atoms with Gasteiger partial charge in [-0.05, 0) is 32.5 Å². The van der Waals surface area contributed by atoms with E-state index < -0.39 is 0 Å². The van der Waals surface area contributed by atoms with Crippen molar-refractivity contribution in [2.45, 2.75) is 20.4 Å². The third-order valence-electron chi connectivity index (χ3n) is 2.86. The van der Waals surface area contributed by atoms with E-state index in [4.69, 9.17) is 0 Å². The minimum absolute atomic E-state index is 0.122. The van der Waals surface area contributed by atoms with Crippen LogP contribution in [-0.2, 0) is 6.54 Å². The third-order valence-corrected chi connectivity index (χ3v) is 2.86. The van der Waals surface area contributed by atoms with Crippen LogP contribution in [-0.4, -0.2) is 27.0 Å². The minimum atomic E-state index is -0.375. The van der Waals surface area contributed by atoms with Gasteiger partial charge in [-0.15, -0.1) is 5.10 Å². The van der Waals surface area contributed by atoms with Crippen LogP contribution in [0.25, 0.3) is 5.69 Å². The molecule has 7 nitrogen and oxygen atoms in total. The van der Waals surface area contributed by atoms with Crippen molar-refractivity contribution in [2.75, 3.05) is 7.05 Å². The van der Waals surface area contributed by atoms with Crippen LogP contribution in [0, 0.1) is 24.0 Å². The molecule has 0 spiro atoms. The predicted molar refractivity (Wildman–Crippen MR) is 70.3 cm³/mol. The van der Waals surface area contributed by atoms with Crippen molar-refractivity contribution in [3.8, 4) is 5.69 Å². The summed E-state index contributed by atoms with van der Waals surface area (Å²) in [5, 5.41) is 21.9. The van der Waals surface area contributed by atoms with E-state index >= 15 is 0 Å². The fourth-order valence-corrected chi connectivity index (χ4v) is 1.91. The first kappa shape index (κ1) is 13.2. The summed E-state index contributed by atoms with van der Waals surface area (Å²) >= 11 is 0. The second kappa shape index (κ2) is 5.15. The fraction of sp³-hybridized carbons (Fsp3) is 0.333. The fourth-order valence-electron chi connectivity index (χ4n) is 1.91. The summed E-state index contributed by atoms with van der Waals surface area (Å²) in [5.74, 6) is 0. The lowest BCUT2D eigenvalue weighted by Gasteiger charge is -2.06. The molecular formula is C12H15N5O2. The molecule has 0 atom stereocenters. The number of aromatic nitrogens is 3. The third kappa shape index (κ3) is 2.60. The van der Waals surface area contributed by atoms with Gasteiger partial charge >= 0.3 is 0 Å². The second-order valence-electron chi connectivity index (χ2n) is 4.37. The molecule has 2 rings (SSSR count). The molecule has 0 amide bonds. The van der Waals surface area contributed by atoms with Crippen LogP contribution in [0.15, 0.2) is 18.3 Å². The van der Waals surface area contributed by atoms with Crippen molar-refractivity contribution in [3.05, 3.63) is 45.3 Å². The lowest BCUT2D eigenvalue weighted by Crippen LogP contribution is -2.05. The maximum atomic E-state index is 10.9.